The lowest BCUT2D eigenvalue weighted by Crippen LogP contribution is -2.33. The van der Waals surface area contributed by atoms with E-state index in [2.05, 4.69) is 15.9 Å². The Morgan fingerprint density at radius 1 is 1.46 bits per heavy atom. The molecule has 1 aromatic rings. The summed E-state index contributed by atoms with van der Waals surface area (Å²) in [7, 11) is 0. The molecule has 2 unspecified atom stereocenters. The Hall–Kier alpha value is -0.280. The predicted octanol–water partition coefficient (Wildman–Crippen LogP) is 2.57. The first-order valence-electron chi connectivity index (χ1n) is 4.72. The van der Waals surface area contributed by atoms with Gasteiger partial charge in [0.15, 0.2) is 4.67 Å². The first kappa shape index (κ1) is 9.28. The number of furan rings is 1. The van der Waals surface area contributed by atoms with Crippen LogP contribution in [0.15, 0.2) is 21.4 Å². The zero-order chi connectivity index (χ0) is 9.26. The molecule has 0 amide bonds. The number of halogens is 1. The molecule has 13 heavy (non-hydrogen) atoms. The van der Waals surface area contributed by atoms with Gasteiger partial charge in [-0.25, -0.2) is 0 Å². The number of nitrogens with two attached hydrogens (primary N) is 1. The first-order valence-corrected chi connectivity index (χ1v) is 5.52. The summed E-state index contributed by atoms with van der Waals surface area (Å²) in [5.74, 6) is 1.53. The van der Waals surface area contributed by atoms with Crippen molar-refractivity contribution in [3.05, 3.63) is 22.6 Å². The van der Waals surface area contributed by atoms with E-state index in [-0.39, 0.29) is 0 Å². The standard InChI is InChI=1S/C10H14BrNO/c11-10-4-7(6-13-10)3-8-1-2-9(8)5-12/h4,6,8-9H,1-3,5,12H2. The van der Waals surface area contributed by atoms with Gasteiger partial charge in [0.05, 0.1) is 6.26 Å². The van der Waals surface area contributed by atoms with Gasteiger partial charge >= 0.3 is 0 Å². The van der Waals surface area contributed by atoms with Gasteiger partial charge in [-0.3, -0.25) is 0 Å². The maximum atomic E-state index is 5.65. The van der Waals surface area contributed by atoms with E-state index in [0.717, 1.165) is 29.5 Å². The van der Waals surface area contributed by atoms with Crippen LogP contribution >= 0.6 is 15.9 Å². The van der Waals surface area contributed by atoms with Crippen LogP contribution < -0.4 is 5.73 Å². The Morgan fingerprint density at radius 2 is 2.23 bits per heavy atom. The fraction of sp³-hybridized carbons (Fsp3) is 0.600. The predicted molar refractivity (Wildman–Crippen MR) is 55.4 cm³/mol. The Kier molecular flexibility index (Phi) is 2.74. The van der Waals surface area contributed by atoms with Gasteiger partial charge < -0.3 is 10.2 Å². The maximum Gasteiger partial charge on any atom is 0.169 e. The summed E-state index contributed by atoms with van der Waals surface area (Å²) >= 11 is 3.30. The van der Waals surface area contributed by atoms with Gasteiger partial charge in [-0.15, -0.1) is 0 Å². The van der Waals surface area contributed by atoms with E-state index < -0.39 is 0 Å². The second-order valence-corrected chi connectivity index (χ2v) is 4.58. The largest absolute Gasteiger partial charge is 0.457 e. The molecule has 1 saturated carbocycles. The topological polar surface area (TPSA) is 39.2 Å². The molecule has 2 atom stereocenters. The van der Waals surface area contributed by atoms with Crippen LogP contribution in [0.4, 0.5) is 0 Å². The minimum atomic E-state index is 0.744. The first-order chi connectivity index (χ1) is 6.29. The van der Waals surface area contributed by atoms with Crippen LogP contribution in [-0.4, -0.2) is 6.54 Å². The average Bonchev–Trinajstić information content (AvgIpc) is 2.46. The third kappa shape index (κ3) is 1.97. The molecule has 72 valence electrons. The van der Waals surface area contributed by atoms with Crippen LogP contribution in [0.25, 0.3) is 0 Å². The second kappa shape index (κ2) is 3.84. The second-order valence-electron chi connectivity index (χ2n) is 3.80. The summed E-state index contributed by atoms with van der Waals surface area (Å²) in [4.78, 5) is 0. The monoisotopic (exact) mass is 243 g/mol. The Morgan fingerprint density at radius 3 is 2.69 bits per heavy atom. The van der Waals surface area contributed by atoms with Crippen molar-refractivity contribution < 1.29 is 4.42 Å². The molecule has 0 aromatic carbocycles. The van der Waals surface area contributed by atoms with Gasteiger partial charge in [-0.05, 0) is 65.2 Å². The molecular formula is C10H14BrNO. The zero-order valence-electron chi connectivity index (χ0n) is 7.50. The van der Waals surface area contributed by atoms with Crippen molar-refractivity contribution in [3.63, 3.8) is 0 Å². The highest BCUT2D eigenvalue weighted by Crippen LogP contribution is 2.36. The lowest BCUT2D eigenvalue weighted by Gasteiger charge is -2.35. The van der Waals surface area contributed by atoms with E-state index in [9.17, 15) is 0 Å². The molecule has 0 saturated heterocycles. The molecule has 0 spiro atoms. The van der Waals surface area contributed by atoms with E-state index in [4.69, 9.17) is 10.2 Å². The molecule has 1 aliphatic carbocycles. The molecule has 0 radical (unpaired) electrons. The molecule has 1 fully saturated rings. The van der Waals surface area contributed by atoms with Crippen molar-refractivity contribution in [1.29, 1.82) is 0 Å². The summed E-state index contributed by atoms with van der Waals surface area (Å²) < 4.78 is 6.01. The van der Waals surface area contributed by atoms with Crippen LogP contribution in [0.3, 0.4) is 0 Å². The fourth-order valence-corrected chi connectivity index (χ4v) is 2.36. The van der Waals surface area contributed by atoms with Crippen LogP contribution in [0.5, 0.6) is 0 Å². The van der Waals surface area contributed by atoms with E-state index in [1.807, 2.05) is 12.3 Å². The molecule has 1 aromatic heterocycles. The normalized spacial score (nSPS) is 27.2. The summed E-state index contributed by atoms with van der Waals surface area (Å²) in [5.41, 5.74) is 6.94. The van der Waals surface area contributed by atoms with Crippen LogP contribution in [0.2, 0.25) is 0 Å². The number of hydrogen-bond donors (Lipinski definition) is 1. The van der Waals surface area contributed by atoms with E-state index in [1.54, 1.807) is 0 Å². The Bertz CT molecular complexity index is 282. The maximum absolute atomic E-state index is 5.65. The van der Waals surface area contributed by atoms with E-state index >= 15 is 0 Å². The summed E-state index contributed by atoms with van der Waals surface area (Å²) in [6.07, 6.45) is 5.58. The molecule has 2 rings (SSSR count). The van der Waals surface area contributed by atoms with Crippen molar-refractivity contribution in [1.82, 2.24) is 0 Å². The smallest absolute Gasteiger partial charge is 0.169 e. The third-order valence-electron chi connectivity index (χ3n) is 3.00. The number of hydrogen-bond acceptors (Lipinski definition) is 2. The summed E-state index contributed by atoms with van der Waals surface area (Å²) in [6, 6.07) is 2.05. The van der Waals surface area contributed by atoms with Gasteiger partial charge in [-0.1, -0.05) is 0 Å². The molecule has 0 aliphatic heterocycles. The minimum Gasteiger partial charge on any atom is -0.457 e. The van der Waals surface area contributed by atoms with Crippen molar-refractivity contribution in [2.75, 3.05) is 6.54 Å². The molecule has 0 bridgehead atoms. The van der Waals surface area contributed by atoms with E-state index in [0.29, 0.717) is 0 Å². The Balaban J connectivity index is 1.91. The molecule has 2 nitrogen and oxygen atoms in total. The number of rotatable bonds is 3. The molecule has 3 heteroatoms. The van der Waals surface area contributed by atoms with Gasteiger partial charge in [0.25, 0.3) is 0 Å². The van der Waals surface area contributed by atoms with Crippen molar-refractivity contribution in [2.45, 2.75) is 19.3 Å². The molecule has 1 heterocycles. The Labute approximate surface area is 86.6 Å². The van der Waals surface area contributed by atoms with Crippen molar-refractivity contribution in [2.24, 2.45) is 17.6 Å². The van der Waals surface area contributed by atoms with Crippen molar-refractivity contribution >= 4 is 15.9 Å². The summed E-state index contributed by atoms with van der Waals surface area (Å²) in [6.45, 7) is 0.837. The highest BCUT2D eigenvalue weighted by atomic mass is 79.9. The van der Waals surface area contributed by atoms with Crippen LogP contribution in [-0.2, 0) is 6.42 Å². The van der Waals surface area contributed by atoms with Gasteiger partial charge in [0, 0.05) is 0 Å². The zero-order valence-corrected chi connectivity index (χ0v) is 9.09. The molecular weight excluding hydrogens is 230 g/mol. The highest BCUT2D eigenvalue weighted by molar-refractivity contribution is 9.10. The minimum absolute atomic E-state index is 0.744. The van der Waals surface area contributed by atoms with Crippen molar-refractivity contribution in [3.8, 4) is 0 Å². The van der Waals surface area contributed by atoms with Gasteiger partial charge in [-0.2, -0.15) is 0 Å². The fourth-order valence-electron chi connectivity index (χ4n) is 1.97. The third-order valence-corrected chi connectivity index (χ3v) is 3.41. The van der Waals surface area contributed by atoms with Crippen LogP contribution in [0, 0.1) is 11.8 Å². The summed E-state index contributed by atoms with van der Waals surface area (Å²) in [5, 5.41) is 0. The van der Waals surface area contributed by atoms with Gasteiger partial charge in [0.1, 0.15) is 0 Å². The van der Waals surface area contributed by atoms with Gasteiger partial charge in [0.2, 0.25) is 0 Å². The quantitative estimate of drug-likeness (QED) is 0.887. The highest BCUT2D eigenvalue weighted by Gasteiger charge is 2.29. The molecule has 1 aliphatic rings. The van der Waals surface area contributed by atoms with Crippen LogP contribution in [0.1, 0.15) is 18.4 Å². The van der Waals surface area contributed by atoms with E-state index in [1.165, 1.54) is 18.4 Å². The SMILES string of the molecule is NCC1CCC1Cc1coc(Br)c1. The lowest BCUT2D eigenvalue weighted by molar-refractivity contribution is 0.183. The average molecular weight is 244 g/mol. The molecule has 2 N–H and O–H groups in total. The lowest BCUT2D eigenvalue weighted by atomic mass is 9.71.